The zero-order valence-electron chi connectivity index (χ0n) is 26.4. The number of phenolic OH excluding ortho intramolecular Hbond substituents is 2. The van der Waals surface area contributed by atoms with Crippen LogP contribution in [0.5, 0.6) is 11.5 Å². The van der Waals surface area contributed by atoms with Crippen molar-refractivity contribution in [3.05, 3.63) is 95.6 Å². The van der Waals surface area contributed by atoms with Crippen molar-refractivity contribution in [1.29, 1.82) is 0 Å². The van der Waals surface area contributed by atoms with Crippen molar-refractivity contribution in [1.82, 2.24) is 20.2 Å². The van der Waals surface area contributed by atoms with Crippen LogP contribution >= 0.6 is 0 Å². The first-order valence-electron chi connectivity index (χ1n) is 15.7. The van der Waals surface area contributed by atoms with E-state index in [0.717, 1.165) is 5.56 Å². The zero-order valence-corrected chi connectivity index (χ0v) is 26.4. The van der Waals surface area contributed by atoms with Crippen LogP contribution in [-0.4, -0.2) is 91.4 Å². The molecular weight excluding hydrogens is 604 g/mol. The van der Waals surface area contributed by atoms with Crippen molar-refractivity contribution < 1.29 is 39.3 Å². The van der Waals surface area contributed by atoms with Crippen molar-refractivity contribution in [2.45, 2.75) is 63.9 Å². The number of phenols is 2. The highest BCUT2D eigenvalue weighted by atomic mass is 16.7. The SMILES string of the molecule is CC(C)CC(C(=O)NCCc1ccccc1)N1CC2N(C(=O)O)O[C@H](Cc3ccc(O)cc3)C(=O)N2[C@@H](Cc2ccc(O)cc2)C1=O. The van der Waals surface area contributed by atoms with Crippen molar-refractivity contribution in [3.63, 3.8) is 0 Å². The molecule has 3 aromatic carbocycles. The lowest BCUT2D eigenvalue weighted by molar-refractivity contribution is -0.265. The summed E-state index contributed by atoms with van der Waals surface area (Å²) in [6.45, 7) is 3.94. The number of hydrogen-bond acceptors (Lipinski definition) is 7. The number of aromatic hydroxyl groups is 2. The van der Waals surface area contributed by atoms with Gasteiger partial charge in [-0.2, -0.15) is 5.06 Å². The molecule has 12 heteroatoms. The molecule has 2 heterocycles. The Morgan fingerprint density at radius 2 is 1.45 bits per heavy atom. The Hall–Kier alpha value is -5.10. The summed E-state index contributed by atoms with van der Waals surface area (Å²) in [6.07, 6.45) is -3.02. The van der Waals surface area contributed by atoms with Gasteiger partial charge in [-0.1, -0.05) is 68.4 Å². The topological polar surface area (TPSA) is 160 Å². The lowest BCUT2D eigenvalue weighted by Crippen LogP contribution is -2.75. The molecule has 2 fully saturated rings. The molecule has 0 spiro atoms. The summed E-state index contributed by atoms with van der Waals surface area (Å²) in [5, 5.41) is 33.5. The van der Waals surface area contributed by atoms with E-state index in [1.54, 1.807) is 24.3 Å². The number of piperazine rings is 1. The van der Waals surface area contributed by atoms with E-state index in [-0.39, 0.29) is 42.7 Å². The maximum absolute atomic E-state index is 14.5. The van der Waals surface area contributed by atoms with E-state index < -0.39 is 42.3 Å². The lowest BCUT2D eigenvalue weighted by atomic mass is 9.94. The number of carbonyl (C=O) groups is 4. The fraction of sp³-hybridized carbons (Fsp3) is 0.371. The average Bonchev–Trinajstić information content (AvgIpc) is 3.04. The van der Waals surface area contributed by atoms with Gasteiger partial charge in [0.15, 0.2) is 12.3 Å². The molecule has 0 aromatic heterocycles. The fourth-order valence-corrected chi connectivity index (χ4v) is 6.16. The predicted octanol–water partition coefficient (Wildman–Crippen LogP) is 3.32. The number of nitrogens with one attached hydrogen (secondary N) is 1. The first kappa shape index (κ1) is 33.3. The smallest absolute Gasteiger partial charge is 0.433 e. The summed E-state index contributed by atoms with van der Waals surface area (Å²) in [5.74, 6) is -1.34. The van der Waals surface area contributed by atoms with Gasteiger partial charge in [0.05, 0.1) is 6.54 Å². The van der Waals surface area contributed by atoms with Crippen LogP contribution in [0.2, 0.25) is 0 Å². The summed E-state index contributed by atoms with van der Waals surface area (Å²) >= 11 is 0. The molecule has 5 rings (SSSR count). The molecule has 2 aliphatic heterocycles. The van der Waals surface area contributed by atoms with E-state index in [0.29, 0.717) is 35.6 Å². The van der Waals surface area contributed by atoms with Crippen molar-refractivity contribution in [3.8, 4) is 11.5 Å². The Morgan fingerprint density at radius 3 is 2.02 bits per heavy atom. The molecule has 12 nitrogen and oxygen atoms in total. The van der Waals surface area contributed by atoms with Gasteiger partial charge in [-0.15, -0.1) is 0 Å². The number of benzene rings is 3. The number of rotatable bonds is 11. The van der Waals surface area contributed by atoms with Gasteiger partial charge in [-0.05, 0) is 59.7 Å². The fourth-order valence-electron chi connectivity index (χ4n) is 6.16. The largest absolute Gasteiger partial charge is 0.508 e. The molecule has 248 valence electrons. The number of nitrogens with zero attached hydrogens (tertiary/aromatic N) is 3. The van der Waals surface area contributed by atoms with Crippen LogP contribution in [-0.2, 0) is 38.5 Å². The number of fused-ring (bicyclic) bond motifs is 1. The lowest BCUT2D eigenvalue weighted by Gasteiger charge is -2.53. The molecular formula is C35H40N4O8. The number of hydrogen-bond donors (Lipinski definition) is 4. The molecule has 4 N–H and O–H groups in total. The number of hydroxylamine groups is 2. The van der Waals surface area contributed by atoms with Gasteiger partial charge in [-0.25, -0.2) is 4.79 Å². The van der Waals surface area contributed by atoms with E-state index in [2.05, 4.69) is 5.32 Å². The van der Waals surface area contributed by atoms with Crippen LogP contribution < -0.4 is 5.32 Å². The number of amides is 4. The third-order valence-corrected chi connectivity index (χ3v) is 8.47. The third kappa shape index (κ3) is 7.83. The third-order valence-electron chi connectivity index (χ3n) is 8.47. The van der Waals surface area contributed by atoms with Crippen molar-refractivity contribution >= 4 is 23.8 Å². The molecule has 0 radical (unpaired) electrons. The predicted molar refractivity (Wildman–Crippen MR) is 171 cm³/mol. The standard InChI is InChI=1S/C35H40N4O8/c1-22(2)18-28(32(42)36-17-16-23-6-4-3-5-7-23)37-21-31-38(29(33(37)43)19-24-8-12-26(40)13-9-24)34(44)30(47-39(31)35(45)46)20-25-10-14-27(41)15-11-25/h3-15,22,28-31,40-41H,16-21H2,1-2H3,(H,36,42)(H,45,46)/t28?,29-,30+,31?/m0/s1. The molecule has 2 unspecified atom stereocenters. The molecule has 0 bridgehead atoms. The first-order chi connectivity index (χ1) is 22.5. The minimum Gasteiger partial charge on any atom is -0.508 e. The monoisotopic (exact) mass is 644 g/mol. The van der Waals surface area contributed by atoms with Gasteiger partial charge in [0.25, 0.3) is 5.91 Å². The minimum absolute atomic E-state index is 0.00422. The second kappa shape index (κ2) is 14.5. The number of carboxylic acid groups (broad SMARTS) is 1. The van der Waals surface area contributed by atoms with Crippen LogP contribution in [0.25, 0.3) is 0 Å². The summed E-state index contributed by atoms with van der Waals surface area (Å²) in [7, 11) is 0. The van der Waals surface area contributed by atoms with Gasteiger partial charge in [0.2, 0.25) is 11.8 Å². The van der Waals surface area contributed by atoms with Crippen LogP contribution in [0.4, 0.5) is 4.79 Å². The quantitative estimate of drug-likeness (QED) is 0.247. The molecule has 3 aromatic rings. The van der Waals surface area contributed by atoms with Crippen LogP contribution in [0.15, 0.2) is 78.9 Å². The molecule has 2 saturated heterocycles. The van der Waals surface area contributed by atoms with Crippen molar-refractivity contribution in [2.24, 2.45) is 5.92 Å². The molecule has 4 amide bonds. The van der Waals surface area contributed by atoms with Gasteiger partial charge in [-0.3, -0.25) is 19.2 Å². The summed E-state index contributed by atoms with van der Waals surface area (Å²) in [5.41, 5.74) is 2.29. The summed E-state index contributed by atoms with van der Waals surface area (Å²) < 4.78 is 0. The van der Waals surface area contributed by atoms with E-state index in [9.17, 15) is 34.5 Å². The maximum atomic E-state index is 14.5. The summed E-state index contributed by atoms with van der Waals surface area (Å²) in [6, 6.07) is 19.9. The van der Waals surface area contributed by atoms with Crippen LogP contribution in [0, 0.1) is 5.92 Å². The minimum atomic E-state index is -1.45. The Bertz CT molecular complexity index is 1560. The van der Waals surface area contributed by atoms with E-state index in [4.69, 9.17) is 4.84 Å². The molecule has 47 heavy (non-hydrogen) atoms. The Kier molecular flexibility index (Phi) is 10.3. The zero-order chi connectivity index (χ0) is 33.7. The second-order valence-corrected chi connectivity index (χ2v) is 12.3. The molecule has 4 atom stereocenters. The normalized spacial score (nSPS) is 20.2. The Labute approximate surface area is 273 Å². The van der Waals surface area contributed by atoms with Gasteiger partial charge < -0.3 is 30.4 Å². The molecule has 0 aliphatic carbocycles. The highest BCUT2D eigenvalue weighted by Crippen LogP contribution is 2.32. The first-order valence-corrected chi connectivity index (χ1v) is 15.7. The van der Waals surface area contributed by atoms with Gasteiger partial charge >= 0.3 is 6.09 Å². The van der Waals surface area contributed by atoms with Crippen LogP contribution in [0.1, 0.15) is 37.0 Å². The van der Waals surface area contributed by atoms with E-state index in [1.165, 1.54) is 34.1 Å². The van der Waals surface area contributed by atoms with Crippen LogP contribution in [0.3, 0.4) is 0 Å². The molecule has 2 aliphatic rings. The highest BCUT2D eigenvalue weighted by molar-refractivity contribution is 5.95. The second-order valence-electron chi connectivity index (χ2n) is 12.3. The maximum Gasteiger partial charge on any atom is 0.433 e. The average molecular weight is 645 g/mol. The number of carbonyl (C=O) groups excluding carboxylic acids is 3. The van der Waals surface area contributed by atoms with E-state index in [1.807, 2.05) is 44.2 Å². The highest BCUT2D eigenvalue weighted by Gasteiger charge is 2.54. The van der Waals surface area contributed by atoms with E-state index >= 15 is 0 Å². The van der Waals surface area contributed by atoms with Crippen molar-refractivity contribution in [2.75, 3.05) is 13.1 Å². The van der Waals surface area contributed by atoms with Gasteiger partial charge in [0, 0.05) is 19.4 Å². The molecule has 0 saturated carbocycles. The Balaban J connectivity index is 1.47. The summed E-state index contributed by atoms with van der Waals surface area (Å²) in [4.78, 5) is 63.4. The Morgan fingerprint density at radius 1 is 0.851 bits per heavy atom. The van der Waals surface area contributed by atoms with Gasteiger partial charge in [0.1, 0.15) is 23.6 Å².